The van der Waals surface area contributed by atoms with Crippen LogP contribution in [0.4, 0.5) is 5.00 Å². The summed E-state index contributed by atoms with van der Waals surface area (Å²) in [4.78, 5) is 35.9. The summed E-state index contributed by atoms with van der Waals surface area (Å²) >= 11 is 1.37. The van der Waals surface area contributed by atoms with Crippen LogP contribution in [0.2, 0.25) is 0 Å². The SMILES string of the molecule is CC1CCc2c(sc(NC(=O)/C=C/C(=O)O)c2C(=O)OC(C)C)C1. The molecule has 2 rings (SSSR count). The van der Waals surface area contributed by atoms with Crippen LogP contribution in [0.25, 0.3) is 0 Å². The Kier molecular flexibility index (Phi) is 5.77. The molecule has 130 valence electrons. The maximum absolute atomic E-state index is 12.5. The Balaban J connectivity index is 2.33. The molecule has 0 bridgehead atoms. The van der Waals surface area contributed by atoms with Gasteiger partial charge in [0, 0.05) is 17.0 Å². The summed E-state index contributed by atoms with van der Waals surface area (Å²) in [6.07, 6.45) is 4.06. The van der Waals surface area contributed by atoms with Crippen LogP contribution in [0.1, 0.15) is 48.0 Å². The summed E-state index contributed by atoms with van der Waals surface area (Å²) in [5, 5.41) is 11.6. The summed E-state index contributed by atoms with van der Waals surface area (Å²) in [6, 6.07) is 0. The van der Waals surface area contributed by atoms with Crippen LogP contribution in [0.3, 0.4) is 0 Å². The van der Waals surface area contributed by atoms with E-state index in [0.29, 0.717) is 16.5 Å². The van der Waals surface area contributed by atoms with Gasteiger partial charge in [-0.2, -0.15) is 0 Å². The number of ether oxygens (including phenoxy) is 1. The monoisotopic (exact) mass is 351 g/mol. The fourth-order valence-corrected chi connectivity index (χ4v) is 4.03. The Bertz CT molecular complexity index is 689. The van der Waals surface area contributed by atoms with Crippen LogP contribution in [0, 0.1) is 5.92 Å². The highest BCUT2D eigenvalue weighted by molar-refractivity contribution is 7.17. The molecule has 0 saturated carbocycles. The molecule has 24 heavy (non-hydrogen) atoms. The number of carboxylic acids is 1. The minimum absolute atomic E-state index is 0.258. The maximum atomic E-state index is 12.5. The van der Waals surface area contributed by atoms with E-state index >= 15 is 0 Å². The van der Waals surface area contributed by atoms with Crippen molar-refractivity contribution in [3.63, 3.8) is 0 Å². The fourth-order valence-electron chi connectivity index (χ4n) is 2.63. The smallest absolute Gasteiger partial charge is 0.341 e. The molecule has 0 aromatic carbocycles. The highest BCUT2D eigenvalue weighted by atomic mass is 32.1. The van der Waals surface area contributed by atoms with E-state index in [2.05, 4.69) is 12.2 Å². The Morgan fingerprint density at radius 1 is 1.33 bits per heavy atom. The van der Waals surface area contributed by atoms with Crippen molar-refractivity contribution < 1.29 is 24.2 Å². The van der Waals surface area contributed by atoms with Crippen molar-refractivity contribution in [3.8, 4) is 0 Å². The number of carbonyl (C=O) groups is 3. The molecule has 2 N–H and O–H groups in total. The number of carbonyl (C=O) groups excluding carboxylic acids is 2. The molecule has 1 amide bonds. The molecule has 1 aliphatic rings. The lowest BCUT2D eigenvalue weighted by atomic mass is 9.88. The van der Waals surface area contributed by atoms with Gasteiger partial charge in [-0.1, -0.05) is 6.92 Å². The molecule has 0 radical (unpaired) electrons. The van der Waals surface area contributed by atoms with Crippen LogP contribution >= 0.6 is 11.3 Å². The van der Waals surface area contributed by atoms with Gasteiger partial charge in [0.05, 0.1) is 11.7 Å². The molecule has 1 aromatic heterocycles. The number of esters is 1. The van der Waals surface area contributed by atoms with Crippen LogP contribution in [-0.2, 0) is 27.2 Å². The number of carboxylic acid groups (broad SMARTS) is 1. The van der Waals surface area contributed by atoms with Gasteiger partial charge in [-0.3, -0.25) is 4.79 Å². The molecule has 1 aliphatic carbocycles. The van der Waals surface area contributed by atoms with Gasteiger partial charge in [-0.25, -0.2) is 9.59 Å². The van der Waals surface area contributed by atoms with Crippen LogP contribution < -0.4 is 5.32 Å². The molecule has 1 aromatic rings. The number of thiophene rings is 1. The quantitative estimate of drug-likeness (QED) is 0.628. The number of anilines is 1. The standard InChI is InChI=1S/C17H21NO5S/c1-9(2)23-17(22)15-11-5-4-10(3)8-12(11)24-16(15)18-13(19)6-7-14(20)21/h6-7,9-10H,4-5,8H2,1-3H3,(H,18,19)(H,20,21)/b7-6+. The molecule has 0 fully saturated rings. The predicted molar refractivity (Wildman–Crippen MR) is 91.5 cm³/mol. The lowest BCUT2D eigenvalue weighted by Crippen LogP contribution is -2.18. The molecule has 1 heterocycles. The van der Waals surface area contributed by atoms with Crippen molar-refractivity contribution in [2.45, 2.75) is 46.1 Å². The molecular formula is C17H21NO5S. The van der Waals surface area contributed by atoms with Gasteiger partial charge in [0.15, 0.2) is 0 Å². The van der Waals surface area contributed by atoms with E-state index < -0.39 is 17.8 Å². The average Bonchev–Trinajstić information content (AvgIpc) is 2.81. The highest BCUT2D eigenvalue weighted by Crippen LogP contribution is 2.40. The van der Waals surface area contributed by atoms with Crippen molar-refractivity contribution in [1.82, 2.24) is 0 Å². The second kappa shape index (κ2) is 7.61. The topological polar surface area (TPSA) is 92.7 Å². The number of fused-ring (bicyclic) bond motifs is 1. The van der Waals surface area contributed by atoms with Gasteiger partial charge in [0.2, 0.25) is 5.91 Å². The molecule has 1 atom stereocenters. The van der Waals surface area contributed by atoms with Crippen molar-refractivity contribution in [2.75, 3.05) is 5.32 Å². The summed E-state index contributed by atoms with van der Waals surface area (Å²) in [7, 11) is 0. The lowest BCUT2D eigenvalue weighted by Gasteiger charge is -2.18. The minimum atomic E-state index is -1.20. The van der Waals surface area contributed by atoms with Crippen molar-refractivity contribution in [2.24, 2.45) is 5.92 Å². The number of rotatable bonds is 5. The van der Waals surface area contributed by atoms with Gasteiger partial charge in [0.1, 0.15) is 5.00 Å². The number of aliphatic carboxylic acids is 1. The number of nitrogens with one attached hydrogen (secondary N) is 1. The Labute approximate surface area is 144 Å². The largest absolute Gasteiger partial charge is 0.478 e. The van der Waals surface area contributed by atoms with Crippen molar-refractivity contribution >= 4 is 34.2 Å². The second-order valence-electron chi connectivity index (χ2n) is 6.17. The predicted octanol–water partition coefficient (Wildman–Crippen LogP) is 3.02. The third kappa shape index (κ3) is 4.44. The van der Waals surface area contributed by atoms with E-state index in [1.54, 1.807) is 13.8 Å². The zero-order chi connectivity index (χ0) is 17.9. The second-order valence-corrected chi connectivity index (χ2v) is 7.28. The number of hydrogen-bond acceptors (Lipinski definition) is 5. The molecule has 0 saturated heterocycles. The zero-order valence-electron chi connectivity index (χ0n) is 13.9. The van der Waals surface area contributed by atoms with Gasteiger partial charge in [-0.05, 0) is 44.6 Å². The number of amides is 1. The van der Waals surface area contributed by atoms with Gasteiger partial charge in [0.25, 0.3) is 0 Å². The van der Waals surface area contributed by atoms with E-state index in [0.717, 1.165) is 41.9 Å². The first kappa shape index (κ1) is 18.2. The molecule has 1 unspecified atom stereocenters. The Morgan fingerprint density at radius 2 is 2.04 bits per heavy atom. The maximum Gasteiger partial charge on any atom is 0.341 e. The lowest BCUT2D eigenvalue weighted by molar-refractivity contribution is -0.131. The fraction of sp³-hybridized carbons (Fsp3) is 0.471. The van der Waals surface area contributed by atoms with Gasteiger partial charge >= 0.3 is 11.9 Å². The van der Waals surface area contributed by atoms with Crippen molar-refractivity contribution in [1.29, 1.82) is 0 Å². The molecule has 6 nitrogen and oxygen atoms in total. The van der Waals surface area contributed by atoms with Crippen LogP contribution in [0.15, 0.2) is 12.2 Å². The Morgan fingerprint density at radius 3 is 2.67 bits per heavy atom. The Hall–Kier alpha value is -2.15. The van der Waals surface area contributed by atoms with Gasteiger partial charge < -0.3 is 15.2 Å². The van der Waals surface area contributed by atoms with E-state index in [1.807, 2.05) is 0 Å². The van der Waals surface area contributed by atoms with E-state index in [4.69, 9.17) is 9.84 Å². The average molecular weight is 351 g/mol. The van der Waals surface area contributed by atoms with E-state index in [-0.39, 0.29) is 6.10 Å². The molecule has 0 aliphatic heterocycles. The summed E-state index contributed by atoms with van der Waals surface area (Å²) < 4.78 is 5.31. The van der Waals surface area contributed by atoms with Crippen LogP contribution in [-0.4, -0.2) is 29.1 Å². The number of hydrogen-bond donors (Lipinski definition) is 2. The zero-order valence-corrected chi connectivity index (χ0v) is 14.7. The third-order valence-corrected chi connectivity index (χ3v) is 4.84. The summed E-state index contributed by atoms with van der Waals surface area (Å²) in [6.45, 7) is 5.70. The van der Waals surface area contributed by atoms with Crippen LogP contribution in [0.5, 0.6) is 0 Å². The van der Waals surface area contributed by atoms with E-state index in [9.17, 15) is 14.4 Å². The molecule has 0 spiro atoms. The first-order valence-corrected chi connectivity index (χ1v) is 8.67. The highest BCUT2D eigenvalue weighted by Gasteiger charge is 2.29. The van der Waals surface area contributed by atoms with E-state index in [1.165, 1.54) is 11.3 Å². The van der Waals surface area contributed by atoms with Crippen molar-refractivity contribution in [3.05, 3.63) is 28.2 Å². The normalized spacial score (nSPS) is 16.9. The summed E-state index contributed by atoms with van der Waals surface area (Å²) in [5.74, 6) is -1.71. The minimum Gasteiger partial charge on any atom is -0.478 e. The first-order chi connectivity index (χ1) is 11.3. The van der Waals surface area contributed by atoms with Gasteiger partial charge in [-0.15, -0.1) is 11.3 Å². The molecular weight excluding hydrogens is 330 g/mol. The summed E-state index contributed by atoms with van der Waals surface area (Å²) in [5.41, 5.74) is 1.36. The molecule has 7 heteroatoms. The third-order valence-electron chi connectivity index (χ3n) is 3.67. The first-order valence-electron chi connectivity index (χ1n) is 7.85.